The zero-order valence-electron chi connectivity index (χ0n) is 35.2. The van der Waals surface area contributed by atoms with E-state index in [9.17, 15) is 0 Å². The number of benzene rings is 10. The Morgan fingerprint density at radius 1 is 0.234 bits per heavy atom. The van der Waals surface area contributed by atoms with E-state index in [1.54, 1.807) is 0 Å². The summed E-state index contributed by atoms with van der Waals surface area (Å²) in [5.74, 6) is 0.868. The number of anilines is 3. The Labute approximate surface area is 374 Å². The molecule has 64 heavy (non-hydrogen) atoms. The summed E-state index contributed by atoms with van der Waals surface area (Å²) in [6.45, 7) is 0. The van der Waals surface area contributed by atoms with Crippen molar-refractivity contribution in [2.24, 2.45) is 0 Å². The normalized spacial score (nSPS) is 11.1. The second kappa shape index (κ2) is 17.1. The van der Waals surface area contributed by atoms with Gasteiger partial charge in [-0.15, -0.1) is 0 Å². The van der Waals surface area contributed by atoms with Gasteiger partial charge in [0.05, 0.1) is 0 Å². The molecule has 1 aromatic heterocycles. The quantitative estimate of drug-likeness (QED) is 0.137. The molecule has 1 heterocycles. The van der Waals surface area contributed by atoms with Gasteiger partial charge < -0.3 is 9.32 Å². The van der Waals surface area contributed by atoms with Gasteiger partial charge in [-0.25, -0.2) is 0 Å². The standard InChI is InChI=1S/C62H43NO/c1-3-14-44(15-4-1)45-26-28-46(29-27-45)47-30-36-54(37-31-47)63(55-38-32-48(33-39-55)51-19-13-20-52(42-51)62-43-53-18-7-12-25-61(53)64-62)56-40-34-50(35-41-56)58-22-9-11-24-60(58)59-23-10-8-21-57(59)49-16-5-2-6-17-49/h1-43H. The van der Waals surface area contributed by atoms with Gasteiger partial charge in [0.25, 0.3) is 0 Å². The molecule has 0 spiro atoms. The zero-order chi connectivity index (χ0) is 42.7. The molecule has 0 aliphatic heterocycles. The lowest BCUT2D eigenvalue weighted by molar-refractivity contribution is 0.631. The van der Waals surface area contributed by atoms with E-state index in [-0.39, 0.29) is 0 Å². The predicted octanol–water partition coefficient (Wildman–Crippen LogP) is 17.6. The van der Waals surface area contributed by atoms with Crippen molar-refractivity contribution in [3.8, 4) is 78.1 Å². The lowest BCUT2D eigenvalue weighted by Crippen LogP contribution is -2.09. The van der Waals surface area contributed by atoms with Crippen LogP contribution in [0.15, 0.2) is 265 Å². The van der Waals surface area contributed by atoms with E-state index < -0.39 is 0 Å². The summed E-state index contributed by atoms with van der Waals surface area (Å²) in [5, 5.41) is 1.10. The smallest absolute Gasteiger partial charge is 0.135 e. The van der Waals surface area contributed by atoms with Crippen molar-refractivity contribution in [1.82, 2.24) is 0 Å². The number of hydrogen-bond acceptors (Lipinski definition) is 2. The van der Waals surface area contributed by atoms with Crippen LogP contribution in [-0.2, 0) is 0 Å². The molecular weight excluding hydrogens is 775 g/mol. The molecule has 0 radical (unpaired) electrons. The highest BCUT2D eigenvalue weighted by Gasteiger charge is 2.17. The number of hydrogen-bond donors (Lipinski definition) is 0. The predicted molar refractivity (Wildman–Crippen MR) is 269 cm³/mol. The van der Waals surface area contributed by atoms with Crippen molar-refractivity contribution in [2.75, 3.05) is 4.90 Å². The van der Waals surface area contributed by atoms with Crippen molar-refractivity contribution in [2.45, 2.75) is 0 Å². The molecule has 11 aromatic rings. The second-order valence-electron chi connectivity index (χ2n) is 16.1. The summed E-state index contributed by atoms with van der Waals surface area (Å²) in [6.07, 6.45) is 0. The first kappa shape index (κ1) is 38.5. The van der Waals surface area contributed by atoms with Gasteiger partial charge in [-0.1, -0.05) is 206 Å². The second-order valence-corrected chi connectivity index (χ2v) is 16.1. The molecular formula is C62H43NO. The summed E-state index contributed by atoms with van der Waals surface area (Å²) in [6, 6.07) is 93.2. The van der Waals surface area contributed by atoms with E-state index in [2.05, 4.69) is 248 Å². The average Bonchev–Trinajstić information content (AvgIpc) is 3.83. The van der Waals surface area contributed by atoms with Crippen LogP contribution in [0.2, 0.25) is 0 Å². The van der Waals surface area contributed by atoms with Crippen LogP contribution in [0.25, 0.3) is 89.1 Å². The minimum Gasteiger partial charge on any atom is -0.456 e. The number of rotatable bonds is 10. The lowest BCUT2D eigenvalue weighted by atomic mass is 9.89. The Bertz CT molecular complexity index is 3300. The van der Waals surface area contributed by atoms with Gasteiger partial charge in [0.2, 0.25) is 0 Å². The van der Waals surface area contributed by atoms with Crippen LogP contribution < -0.4 is 4.90 Å². The van der Waals surface area contributed by atoms with Crippen LogP contribution in [0.1, 0.15) is 0 Å². The van der Waals surface area contributed by atoms with Crippen molar-refractivity contribution in [3.63, 3.8) is 0 Å². The number of para-hydroxylation sites is 1. The minimum atomic E-state index is 0.868. The van der Waals surface area contributed by atoms with Gasteiger partial charge in [-0.3, -0.25) is 0 Å². The highest BCUT2D eigenvalue weighted by Crippen LogP contribution is 2.41. The van der Waals surface area contributed by atoms with E-state index in [0.29, 0.717) is 0 Å². The SMILES string of the molecule is c1ccc(-c2ccc(-c3ccc(N(c4ccc(-c5cccc(-c6cc7ccccc7o6)c5)cc4)c4ccc(-c5ccccc5-c5ccccc5-c5ccccc5)cc4)cc3)cc2)cc1. The number of nitrogens with zero attached hydrogens (tertiary/aromatic N) is 1. The Hall–Kier alpha value is -8.46. The van der Waals surface area contributed by atoms with E-state index in [1.807, 2.05) is 18.2 Å². The third-order valence-electron chi connectivity index (χ3n) is 12.1. The molecule has 0 atom stereocenters. The number of fused-ring (bicyclic) bond motifs is 1. The average molecular weight is 818 g/mol. The first-order valence-corrected chi connectivity index (χ1v) is 21.8. The fourth-order valence-electron chi connectivity index (χ4n) is 8.86. The third-order valence-corrected chi connectivity index (χ3v) is 12.1. The Morgan fingerprint density at radius 2 is 0.594 bits per heavy atom. The molecule has 0 saturated carbocycles. The molecule has 2 heteroatoms. The monoisotopic (exact) mass is 817 g/mol. The summed E-state index contributed by atoms with van der Waals surface area (Å²) in [5.41, 5.74) is 19.4. The summed E-state index contributed by atoms with van der Waals surface area (Å²) in [7, 11) is 0. The fourth-order valence-corrected chi connectivity index (χ4v) is 8.86. The van der Waals surface area contributed by atoms with Gasteiger partial charge in [0, 0.05) is 28.0 Å². The highest BCUT2D eigenvalue weighted by molar-refractivity contribution is 5.92. The van der Waals surface area contributed by atoms with Crippen LogP contribution in [-0.4, -0.2) is 0 Å². The van der Waals surface area contributed by atoms with Gasteiger partial charge in [0.15, 0.2) is 0 Å². The molecule has 2 nitrogen and oxygen atoms in total. The largest absolute Gasteiger partial charge is 0.456 e. The van der Waals surface area contributed by atoms with Crippen LogP contribution in [0.5, 0.6) is 0 Å². The fraction of sp³-hybridized carbons (Fsp3) is 0. The molecule has 10 aromatic carbocycles. The lowest BCUT2D eigenvalue weighted by Gasteiger charge is -2.26. The van der Waals surface area contributed by atoms with E-state index in [4.69, 9.17) is 4.42 Å². The van der Waals surface area contributed by atoms with Crippen LogP contribution in [0.4, 0.5) is 17.1 Å². The zero-order valence-corrected chi connectivity index (χ0v) is 35.2. The third kappa shape index (κ3) is 7.70. The Morgan fingerprint density at radius 3 is 1.12 bits per heavy atom. The van der Waals surface area contributed by atoms with Crippen LogP contribution in [0, 0.1) is 0 Å². The summed E-state index contributed by atoms with van der Waals surface area (Å²) >= 11 is 0. The molecule has 302 valence electrons. The minimum absolute atomic E-state index is 0.868. The van der Waals surface area contributed by atoms with Crippen molar-refractivity contribution in [3.05, 3.63) is 261 Å². The number of furan rings is 1. The van der Waals surface area contributed by atoms with Gasteiger partial charge in [0.1, 0.15) is 11.3 Å². The molecule has 11 rings (SSSR count). The molecule has 0 N–H and O–H groups in total. The van der Waals surface area contributed by atoms with E-state index in [1.165, 1.54) is 50.1 Å². The van der Waals surface area contributed by atoms with Crippen LogP contribution >= 0.6 is 0 Å². The maximum atomic E-state index is 6.24. The molecule has 0 saturated heterocycles. The molecule has 0 aliphatic carbocycles. The van der Waals surface area contributed by atoms with Crippen molar-refractivity contribution >= 4 is 28.0 Å². The van der Waals surface area contributed by atoms with E-state index in [0.717, 1.165) is 56.0 Å². The molecule has 0 amide bonds. The van der Waals surface area contributed by atoms with Gasteiger partial charge in [-0.05, 0) is 121 Å². The molecule has 0 fully saturated rings. The molecule has 0 unspecified atom stereocenters. The first-order valence-electron chi connectivity index (χ1n) is 21.8. The maximum absolute atomic E-state index is 6.24. The van der Waals surface area contributed by atoms with Crippen molar-refractivity contribution in [1.29, 1.82) is 0 Å². The van der Waals surface area contributed by atoms with Gasteiger partial charge >= 0.3 is 0 Å². The van der Waals surface area contributed by atoms with Gasteiger partial charge in [-0.2, -0.15) is 0 Å². The maximum Gasteiger partial charge on any atom is 0.135 e. The summed E-state index contributed by atoms with van der Waals surface area (Å²) < 4.78 is 6.24. The van der Waals surface area contributed by atoms with Crippen LogP contribution in [0.3, 0.4) is 0 Å². The Balaban J connectivity index is 0.942. The molecule has 0 aliphatic rings. The topological polar surface area (TPSA) is 16.4 Å². The van der Waals surface area contributed by atoms with Crippen molar-refractivity contribution < 1.29 is 4.42 Å². The summed E-state index contributed by atoms with van der Waals surface area (Å²) in [4.78, 5) is 2.34. The van der Waals surface area contributed by atoms with E-state index >= 15 is 0 Å². The Kier molecular flexibility index (Phi) is 10.3. The highest BCUT2D eigenvalue weighted by atomic mass is 16.3. The molecule has 0 bridgehead atoms. The first-order chi connectivity index (χ1) is 31.7.